The summed E-state index contributed by atoms with van der Waals surface area (Å²) in [4.78, 5) is 23.7. The molecule has 7 heteroatoms. The number of hydrogen-bond acceptors (Lipinski definition) is 5. The van der Waals surface area contributed by atoms with E-state index in [2.05, 4.69) is 10.6 Å². The van der Waals surface area contributed by atoms with Gasteiger partial charge in [-0.15, -0.1) is 0 Å². The van der Waals surface area contributed by atoms with Crippen LogP contribution in [0.2, 0.25) is 0 Å². The van der Waals surface area contributed by atoms with Crippen molar-refractivity contribution in [3.8, 4) is 11.5 Å². The summed E-state index contributed by atoms with van der Waals surface area (Å²) in [7, 11) is 0. The molecule has 1 heterocycles. The van der Waals surface area contributed by atoms with Crippen LogP contribution in [-0.4, -0.2) is 38.0 Å². The Bertz CT molecular complexity index is 810. The number of fused-ring (bicyclic) bond motifs is 1. The second-order valence-corrected chi connectivity index (χ2v) is 6.41. The predicted molar refractivity (Wildman–Crippen MR) is 103 cm³/mol. The molecule has 0 bridgehead atoms. The molecule has 0 spiro atoms. The number of rotatable bonds is 8. The van der Waals surface area contributed by atoms with E-state index >= 15 is 0 Å². The number of carbonyl (C=O) groups excluding carboxylic acids is 2. The smallest absolute Gasteiger partial charge is 0.325 e. The SMILES string of the molecule is CCOC(=O)CNC(=O)N[C@H](Cc1ccccc1)Cc1ccc2c(c1)OCO2. The van der Waals surface area contributed by atoms with Crippen molar-refractivity contribution in [2.24, 2.45) is 0 Å². The molecule has 2 N–H and O–H groups in total. The zero-order valence-corrected chi connectivity index (χ0v) is 15.8. The fourth-order valence-corrected chi connectivity index (χ4v) is 3.03. The first-order valence-electron chi connectivity index (χ1n) is 9.26. The van der Waals surface area contributed by atoms with Crippen LogP contribution in [0.15, 0.2) is 48.5 Å². The fraction of sp³-hybridized carbons (Fsp3) is 0.333. The Balaban J connectivity index is 1.64. The third-order valence-corrected chi connectivity index (χ3v) is 4.28. The Morgan fingerprint density at radius 3 is 2.57 bits per heavy atom. The summed E-state index contributed by atoms with van der Waals surface area (Å²) >= 11 is 0. The van der Waals surface area contributed by atoms with Crippen LogP contribution in [0.25, 0.3) is 0 Å². The summed E-state index contributed by atoms with van der Waals surface area (Å²) < 4.78 is 15.6. The fourth-order valence-electron chi connectivity index (χ4n) is 3.03. The maximum absolute atomic E-state index is 12.3. The van der Waals surface area contributed by atoms with E-state index in [4.69, 9.17) is 14.2 Å². The average molecular weight is 384 g/mol. The van der Waals surface area contributed by atoms with Crippen LogP contribution in [-0.2, 0) is 22.4 Å². The summed E-state index contributed by atoms with van der Waals surface area (Å²) in [6.45, 7) is 2.06. The van der Waals surface area contributed by atoms with Crippen molar-refractivity contribution in [1.29, 1.82) is 0 Å². The summed E-state index contributed by atoms with van der Waals surface area (Å²) in [5, 5.41) is 5.49. The van der Waals surface area contributed by atoms with Crippen LogP contribution in [0.1, 0.15) is 18.1 Å². The van der Waals surface area contributed by atoms with Gasteiger partial charge in [0.2, 0.25) is 6.79 Å². The van der Waals surface area contributed by atoms with Crippen molar-refractivity contribution in [3.63, 3.8) is 0 Å². The van der Waals surface area contributed by atoms with E-state index in [0.29, 0.717) is 18.6 Å². The van der Waals surface area contributed by atoms with E-state index in [1.54, 1.807) is 6.92 Å². The molecular weight excluding hydrogens is 360 g/mol. The monoisotopic (exact) mass is 384 g/mol. The molecule has 1 atom stereocenters. The van der Waals surface area contributed by atoms with Gasteiger partial charge in [-0.05, 0) is 43.0 Å². The van der Waals surface area contributed by atoms with Gasteiger partial charge in [-0.3, -0.25) is 4.79 Å². The lowest BCUT2D eigenvalue weighted by Crippen LogP contribution is -2.45. The van der Waals surface area contributed by atoms with E-state index in [-0.39, 0.29) is 26.0 Å². The molecule has 1 aliphatic heterocycles. The quantitative estimate of drug-likeness (QED) is 0.683. The van der Waals surface area contributed by atoms with Gasteiger partial charge in [-0.1, -0.05) is 36.4 Å². The Morgan fingerprint density at radius 1 is 1.04 bits per heavy atom. The molecule has 7 nitrogen and oxygen atoms in total. The first-order chi connectivity index (χ1) is 13.6. The maximum Gasteiger partial charge on any atom is 0.325 e. The number of nitrogens with one attached hydrogen (secondary N) is 2. The number of carbonyl (C=O) groups is 2. The van der Waals surface area contributed by atoms with Gasteiger partial charge in [0, 0.05) is 6.04 Å². The van der Waals surface area contributed by atoms with Crippen LogP contribution in [0, 0.1) is 0 Å². The van der Waals surface area contributed by atoms with Gasteiger partial charge in [0.15, 0.2) is 11.5 Å². The summed E-state index contributed by atoms with van der Waals surface area (Å²) in [6.07, 6.45) is 1.26. The highest BCUT2D eigenvalue weighted by Crippen LogP contribution is 2.32. The molecular formula is C21H24N2O5. The minimum absolute atomic E-state index is 0.162. The molecule has 0 fully saturated rings. The van der Waals surface area contributed by atoms with Gasteiger partial charge >= 0.3 is 12.0 Å². The van der Waals surface area contributed by atoms with E-state index in [1.807, 2.05) is 48.5 Å². The molecule has 2 aromatic rings. The van der Waals surface area contributed by atoms with Crippen molar-refractivity contribution in [2.75, 3.05) is 19.9 Å². The van der Waals surface area contributed by atoms with Crippen molar-refractivity contribution < 1.29 is 23.8 Å². The molecule has 28 heavy (non-hydrogen) atoms. The van der Waals surface area contributed by atoms with Crippen LogP contribution in [0.3, 0.4) is 0 Å². The molecule has 0 radical (unpaired) electrons. The molecule has 2 amide bonds. The van der Waals surface area contributed by atoms with Crippen LogP contribution in [0.5, 0.6) is 11.5 Å². The molecule has 0 aliphatic carbocycles. The van der Waals surface area contributed by atoms with Gasteiger partial charge < -0.3 is 24.8 Å². The highest BCUT2D eigenvalue weighted by molar-refractivity contribution is 5.80. The van der Waals surface area contributed by atoms with Gasteiger partial charge in [0.1, 0.15) is 6.54 Å². The Kier molecular flexibility index (Phi) is 6.73. The summed E-state index contributed by atoms with van der Waals surface area (Å²) in [6, 6.07) is 15.1. The Hall–Kier alpha value is -3.22. The molecule has 2 aromatic carbocycles. The Labute approximate surface area is 164 Å². The van der Waals surface area contributed by atoms with Gasteiger partial charge in [0.05, 0.1) is 6.61 Å². The summed E-state index contributed by atoms with van der Waals surface area (Å²) in [5.41, 5.74) is 2.13. The van der Waals surface area contributed by atoms with Gasteiger partial charge in [0.25, 0.3) is 0 Å². The van der Waals surface area contributed by atoms with E-state index in [0.717, 1.165) is 16.9 Å². The van der Waals surface area contributed by atoms with Crippen molar-refractivity contribution >= 4 is 12.0 Å². The van der Waals surface area contributed by atoms with Crippen LogP contribution < -0.4 is 20.1 Å². The minimum Gasteiger partial charge on any atom is -0.465 e. The lowest BCUT2D eigenvalue weighted by Gasteiger charge is -2.20. The average Bonchev–Trinajstić information content (AvgIpc) is 3.15. The third kappa shape index (κ3) is 5.64. The molecule has 0 saturated heterocycles. The standard InChI is InChI=1S/C21H24N2O5/c1-2-26-20(24)13-22-21(25)23-17(10-15-6-4-3-5-7-15)11-16-8-9-18-19(12-16)28-14-27-18/h3-9,12,17H,2,10-11,13-14H2,1H3,(H2,22,23,25)/t17-/m1/s1. The van der Waals surface area contributed by atoms with E-state index in [9.17, 15) is 9.59 Å². The highest BCUT2D eigenvalue weighted by atomic mass is 16.7. The zero-order chi connectivity index (χ0) is 19.8. The Morgan fingerprint density at radius 2 is 1.79 bits per heavy atom. The highest BCUT2D eigenvalue weighted by Gasteiger charge is 2.18. The number of esters is 1. The number of ether oxygens (including phenoxy) is 3. The molecule has 0 unspecified atom stereocenters. The van der Waals surface area contributed by atoms with Crippen molar-refractivity contribution in [2.45, 2.75) is 25.8 Å². The minimum atomic E-state index is -0.465. The van der Waals surface area contributed by atoms with Crippen LogP contribution >= 0.6 is 0 Å². The van der Waals surface area contributed by atoms with E-state index < -0.39 is 12.0 Å². The van der Waals surface area contributed by atoms with E-state index in [1.165, 1.54) is 0 Å². The normalized spacial score (nSPS) is 12.9. The summed E-state index contributed by atoms with van der Waals surface area (Å²) in [5.74, 6) is 0.972. The lowest BCUT2D eigenvalue weighted by atomic mass is 9.99. The maximum atomic E-state index is 12.3. The molecule has 0 aromatic heterocycles. The first-order valence-corrected chi connectivity index (χ1v) is 9.26. The molecule has 148 valence electrons. The first kappa shape index (κ1) is 19.5. The molecule has 1 aliphatic rings. The molecule has 0 saturated carbocycles. The van der Waals surface area contributed by atoms with Crippen molar-refractivity contribution in [3.05, 3.63) is 59.7 Å². The number of benzene rings is 2. The number of amides is 2. The number of urea groups is 1. The second-order valence-electron chi connectivity index (χ2n) is 6.41. The van der Waals surface area contributed by atoms with Crippen LogP contribution in [0.4, 0.5) is 4.79 Å². The zero-order valence-electron chi connectivity index (χ0n) is 15.8. The lowest BCUT2D eigenvalue weighted by molar-refractivity contribution is -0.141. The van der Waals surface area contributed by atoms with Crippen molar-refractivity contribution in [1.82, 2.24) is 10.6 Å². The molecule has 3 rings (SSSR count). The van der Waals surface area contributed by atoms with Gasteiger partial charge in [-0.2, -0.15) is 0 Å². The second kappa shape index (κ2) is 9.64. The predicted octanol–water partition coefficient (Wildman–Crippen LogP) is 2.43. The topological polar surface area (TPSA) is 85.9 Å². The largest absolute Gasteiger partial charge is 0.465 e. The third-order valence-electron chi connectivity index (χ3n) is 4.28. The van der Waals surface area contributed by atoms with Gasteiger partial charge in [-0.25, -0.2) is 4.79 Å². The number of hydrogen-bond donors (Lipinski definition) is 2.